The van der Waals surface area contributed by atoms with Gasteiger partial charge in [0.05, 0.1) is 16.8 Å². The van der Waals surface area contributed by atoms with Crippen LogP contribution in [0.4, 0.5) is 5.69 Å². The number of aryl methyl sites for hydroxylation is 2. The van der Waals surface area contributed by atoms with Gasteiger partial charge >= 0.3 is 0 Å². The van der Waals surface area contributed by atoms with Crippen LogP contribution in [-0.2, 0) is 11.2 Å². The van der Waals surface area contributed by atoms with E-state index < -0.39 is 16.7 Å². The van der Waals surface area contributed by atoms with Crippen molar-refractivity contribution < 1.29 is 13.7 Å². The lowest BCUT2D eigenvalue weighted by Gasteiger charge is -2.33. The van der Waals surface area contributed by atoms with E-state index in [1.54, 1.807) is 30.3 Å². The van der Waals surface area contributed by atoms with Crippen molar-refractivity contribution in [2.75, 3.05) is 11.3 Å². The number of hydrogen-bond acceptors (Lipinski definition) is 5. The third-order valence-electron chi connectivity index (χ3n) is 5.24. The van der Waals surface area contributed by atoms with Gasteiger partial charge < -0.3 is 15.8 Å². The SMILES string of the molecule is CCC(CC)(COc1cccc2c1C(N)=NS(=O)N2)NC(=O)c1cc(C)nc(C)c1. The maximum atomic E-state index is 12.9. The van der Waals surface area contributed by atoms with E-state index in [9.17, 15) is 9.00 Å². The largest absolute Gasteiger partial charge is 0.490 e. The first kappa shape index (κ1) is 21.8. The average Bonchev–Trinajstić information content (AvgIpc) is 2.70. The molecule has 2 heterocycles. The van der Waals surface area contributed by atoms with Gasteiger partial charge in [-0.25, -0.2) is 4.21 Å². The van der Waals surface area contributed by atoms with E-state index in [-0.39, 0.29) is 18.3 Å². The lowest BCUT2D eigenvalue weighted by Crippen LogP contribution is -2.52. The molecule has 30 heavy (non-hydrogen) atoms. The van der Waals surface area contributed by atoms with Gasteiger partial charge in [0.15, 0.2) is 0 Å². The molecule has 0 saturated heterocycles. The molecule has 1 unspecified atom stereocenters. The Labute approximate surface area is 179 Å². The molecule has 0 bridgehead atoms. The van der Waals surface area contributed by atoms with Crippen molar-refractivity contribution in [2.24, 2.45) is 10.1 Å². The van der Waals surface area contributed by atoms with E-state index in [1.807, 2.05) is 27.7 Å². The molecule has 0 aliphatic carbocycles. The molecule has 0 radical (unpaired) electrons. The number of fused-ring (bicyclic) bond motifs is 1. The highest BCUT2D eigenvalue weighted by molar-refractivity contribution is 7.85. The number of amidine groups is 1. The number of nitrogens with one attached hydrogen (secondary N) is 2. The Hall–Kier alpha value is -2.94. The molecule has 2 aromatic rings. The Kier molecular flexibility index (Phi) is 6.40. The first-order valence-corrected chi connectivity index (χ1v) is 10.9. The first-order chi connectivity index (χ1) is 14.3. The van der Waals surface area contributed by atoms with Crippen molar-refractivity contribution in [3.63, 3.8) is 0 Å². The van der Waals surface area contributed by atoms with Gasteiger partial charge in [0.25, 0.3) is 5.91 Å². The van der Waals surface area contributed by atoms with Crippen LogP contribution in [-0.4, -0.2) is 33.1 Å². The van der Waals surface area contributed by atoms with Gasteiger partial charge in [0, 0.05) is 17.0 Å². The van der Waals surface area contributed by atoms with Crippen LogP contribution in [0.2, 0.25) is 0 Å². The van der Waals surface area contributed by atoms with E-state index in [0.717, 1.165) is 11.4 Å². The van der Waals surface area contributed by atoms with Crippen LogP contribution in [0, 0.1) is 13.8 Å². The molecule has 8 nitrogen and oxygen atoms in total. The molecule has 1 aliphatic heterocycles. The predicted molar refractivity (Wildman–Crippen MR) is 119 cm³/mol. The summed E-state index contributed by atoms with van der Waals surface area (Å²) >= 11 is -1.60. The zero-order chi connectivity index (χ0) is 21.9. The van der Waals surface area contributed by atoms with Crippen LogP contribution in [0.3, 0.4) is 0 Å². The summed E-state index contributed by atoms with van der Waals surface area (Å²) in [5, 5.41) is 3.15. The van der Waals surface area contributed by atoms with Gasteiger partial charge in [-0.2, -0.15) is 4.40 Å². The molecule has 1 atom stereocenters. The topological polar surface area (TPSA) is 119 Å². The van der Waals surface area contributed by atoms with E-state index in [2.05, 4.69) is 19.4 Å². The minimum atomic E-state index is -1.60. The fourth-order valence-electron chi connectivity index (χ4n) is 3.41. The van der Waals surface area contributed by atoms with Crippen molar-refractivity contribution in [3.05, 3.63) is 52.8 Å². The predicted octanol–water partition coefficient (Wildman–Crippen LogP) is 2.78. The molecular formula is C21H27N5O3S. The fourth-order valence-corrected chi connectivity index (χ4v) is 4.09. The van der Waals surface area contributed by atoms with Gasteiger partial charge in [0.1, 0.15) is 18.2 Å². The Balaban J connectivity index is 1.82. The number of hydrogen-bond donors (Lipinski definition) is 3. The Morgan fingerprint density at radius 1 is 1.23 bits per heavy atom. The molecule has 0 spiro atoms. The number of nitrogens with two attached hydrogens (primary N) is 1. The molecule has 4 N–H and O–H groups in total. The number of nitrogens with zero attached hydrogens (tertiary/aromatic N) is 2. The Morgan fingerprint density at radius 2 is 1.90 bits per heavy atom. The molecule has 1 aromatic carbocycles. The summed E-state index contributed by atoms with van der Waals surface area (Å²) in [6, 6.07) is 8.89. The lowest BCUT2D eigenvalue weighted by molar-refractivity contribution is 0.0837. The summed E-state index contributed by atoms with van der Waals surface area (Å²) in [5.41, 5.74) is 8.76. The van der Waals surface area contributed by atoms with Gasteiger partial charge in [-0.3, -0.25) is 14.5 Å². The number of pyridine rings is 1. The molecule has 1 amide bonds. The smallest absolute Gasteiger partial charge is 0.251 e. The number of rotatable bonds is 7. The lowest BCUT2D eigenvalue weighted by atomic mass is 9.93. The summed E-state index contributed by atoms with van der Waals surface area (Å²) in [6.45, 7) is 8.01. The Bertz CT molecular complexity index is 997. The van der Waals surface area contributed by atoms with Gasteiger partial charge in [-0.1, -0.05) is 19.9 Å². The van der Waals surface area contributed by atoms with Crippen LogP contribution in [0.15, 0.2) is 34.7 Å². The van der Waals surface area contributed by atoms with E-state index >= 15 is 0 Å². The van der Waals surface area contributed by atoms with E-state index in [1.165, 1.54) is 0 Å². The number of aromatic nitrogens is 1. The van der Waals surface area contributed by atoms with Crippen LogP contribution in [0.5, 0.6) is 5.75 Å². The van der Waals surface area contributed by atoms with Crippen LogP contribution < -0.4 is 20.5 Å². The fraction of sp³-hybridized carbons (Fsp3) is 0.381. The van der Waals surface area contributed by atoms with Gasteiger partial charge in [0.2, 0.25) is 11.2 Å². The number of amides is 1. The zero-order valence-electron chi connectivity index (χ0n) is 17.6. The van der Waals surface area contributed by atoms with E-state index in [4.69, 9.17) is 10.5 Å². The van der Waals surface area contributed by atoms with Crippen molar-refractivity contribution in [1.29, 1.82) is 0 Å². The minimum absolute atomic E-state index is 0.156. The summed E-state index contributed by atoms with van der Waals surface area (Å²) in [7, 11) is 0. The molecule has 3 rings (SSSR count). The maximum Gasteiger partial charge on any atom is 0.251 e. The van der Waals surface area contributed by atoms with Gasteiger partial charge in [-0.15, -0.1) is 0 Å². The van der Waals surface area contributed by atoms with Crippen LogP contribution in [0.25, 0.3) is 0 Å². The molecule has 0 fully saturated rings. The highest BCUT2D eigenvalue weighted by Gasteiger charge is 2.31. The molecular weight excluding hydrogens is 402 g/mol. The standard InChI is InChI=1S/C21H27N5O3S/c1-5-21(6-2,24-20(27)15-10-13(3)23-14(4)11-15)12-29-17-9-7-8-16-18(17)19(22)26-30(28)25-16/h7-11,25H,5-6,12H2,1-4H3,(H2,22,26)(H,24,27). The van der Waals surface area contributed by atoms with E-state index in [0.29, 0.717) is 35.4 Å². The first-order valence-electron chi connectivity index (χ1n) is 9.83. The zero-order valence-corrected chi connectivity index (χ0v) is 18.4. The number of benzene rings is 1. The summed E-state index contributed by atoms with van der Waals surface area (Å²) in [5.74, 6) is 0.515. The van der Waals surface area contributed by atoms with Crippen molar-refractivity contribution in [3.8, 4) is 5.75 Å². The van der Waals surface area contributed by atoms with Gasteiger partial charge in [-0.05, 0) is 51.0 Å². The second-order valence-electron chi connectivity index (χ2n) is 7.38. The normalized spacial score (nSPS) is 15.6. The third kappa shape index (κ3) is 4.62. The average molecular weight is 430 g/mol. The summed E-state index contributed by atoms with van der Waals surface area (Å²) in [4.78, 5) is 17.3. The number of carbonyl (C=O) groups is 1. The number of anilines is 1. The second-order valence-corrected chi connectivity index (χ2v) is 8.26. The molecule has 9 heteroatoms. The second kappa shape index (κ2) is 8.83. The number of ether oxygens (including phenoxy) is 1. The highest BCUT2D eigenvalue weighted by Crippen LogP contribution is 2.30. The molecule has 0 saturated carbocycles. The molecule has 1 aliphatic rings. The minimum Gasteiger partial charge on any atom is -0.490 e. The van der Waals surface area contributed by atoms with Crippen LogP contribution in [0.1, 0.15) is 54.0 Å². The third-order valence-corrected chi connectivity index (χ3v) is 6.00. The quantitative estimate of drug-likeness (QED) is 0.625. The maximum absolute atomic E-state index is 12.9. The highest BCUT2D eigenvalue weighted by atomic mass is 32.2. The van der Waals surface area contributed by atoms with Crippen molar-refractivity contribution >= 4 is 28.6 Å². The van der Waals surface area contributed by atoms with Crippen molar-refractivity contribution in [1.82, 2.24) is 10.3 Å². The van der Waals surface area contributed by atoms with Crippen molar-refractivity contribution in [2.45, 2.75) is 46.1 Å². The number of carbonyl (C=O) groups excluding carboxylic acids is 1. The molecule has 1 aromatic heterocycles. The summed E-state index contributed by atoms with van der Waals surface area (Å²) in [6.07, 6.45) is 1.36. The summed E-state index contributed by atoms with van der Waals surface area (Å²) < 4.78 is 24.5. The Morgan fingerprint density at radius 3 is 2.53 bits per heavy atom. The monoisotopic (exact) mass is 429 g/mol. The van der Waals surface area contributed by atoms with Crippen LogP contribution >= 0.6 is 0 Å². The molecule has 160 valence electrons.